The Labute approximate surface area is 147 Å². The van der Waals surface area contributed by atoms with Crippen LogP contribution in [0.4, 0.5) is 0 Å². The van der Waals surface area contributed by atoms with Crippen LogP contribution in [0.3, 0.4) is 0 Å². The first-order chi connectivity index (χ1) is 11.6. The summed E-state index contributed by atoms with van der Waals surface area (Å²) in [4.78, 5) is 28.9. The summed E-state index contributed by atoms with van der Waals surface area (Å²) < 4.78 is 1.75. The number of carbonyl (C=O) groups is 1. The lowest BCUT2D eigenvalue weighted by molar-refractivity contribution is -0.128. The van der Waals surface area contributed by atoms with Crippen molar-refractivity contribution in [2.45, 2.75) is 46.3 Å². The van der Waals surface area contributed by atoms with E-state index in [1.54, 1.807) is 30.8 Å². The van der Waals surface area contributed by atoms with Gasteiger partial charge < -0.3 is 15.0 Å². The summed E-state index contributed by atoms with van der Waals surface area (Å²) in [5.41, 5.74) is -0.185. The van der Waals surface area contributed by atoms with Crippen LogP contribution in [0.2, 0.25) is 0 Å². The number of hydrogen-bond donors (Lipinski definition) is 2. The van der Waals surface area contributed by atoms with Crippen LogP contribution in [0.5, 0.6) is 0 Å². The lowest BCUT2D eigenvalue weighted by Gasteiger charge is -2.27. The molecule has 7 heteroatoms. The van der Waals surface area contributed by atoms with E-state index in [0.29, 0.717) is 17.8 Å². The minimum atomic E-state index is -0.971. The Bertz CT molecular complexity index is 840. The highest BCUT2D eigenvalue weighted by Gasteiger charge is 2.19. The Kier molecular flexibility index (Phi) is 5.47. The quantitative estimate of drug-likeness (QED) is 0.782. The van der Waals surface area contributed by atoms with E-state index < -0.39 is 5.60 Å². The number of rotatable bonds is 6. The number of fused-ring (bicyclic) bond motifs is 1. The van der Waals surface area contributed by atoms with Gasteiger partial charge in [0.1, 0.15) is 5.65 Å². The molecule has 2 N–H and O–H groups in total. The van der Waals surface area contributed by atoms with Crippen molar-refractivity contribution in [3.63, 3.8) is 0 Å². The fourth-order valence-electron chi connectivity index (χ4n) is 2.62. The first kappa shape index (κ1) is 18.9. The summed E-state index contributed by atoms with van der Waals surface area (Å²) in [6.07, 6.45) is 4.55. The zero-order chi connectivity index (χ0) is 18.8. The molecule has 2 rings (SSSR count). The topological polar surface area (TPSA) is 91.2 Å². The Morgan fingerprint density at radius 3 is 2.72 bits per heavy atom. The number of likely N-dealkylation sites (N-methyl/N-ethyl adjacent to an activating group) is 1. The molecule has 0 aliphatic carbocycles. The molecule has 0 saturated heterocycles. The average Bonchev–Trinajstić information content (AvgIpc) is 2.91. The van der Waals surface area contributed by atoms with Crippen molar-refractivity contribution >= 4 is 23.0 Å². The van der Waals surface area contributed by atoms with Crippen LogP contribution in [-0.2, 0) is 4.79 Å². The Morgan fingerprint density at radius 1 is 1.48 bits per heavy atom. The summed E-state index contributed by atoms with van der Waals surface area (Å²) in [6, 6.07) is 1.85. The molecular formula is C18H26N4O3. The average molecular weight is 346 g/mol. The molecule has 136 valence electrons. The van der Waals surface area contributed by atoms with E-state index in [1.165, 1.54) is 17.1 Å². The van der Waals surface area contributed by atoms with E-state index >= 15 is 0 Å². The van der Waals surface area contributed by atoms with E-state index in [9.17, 15) is 14.7 Å². The first-order valence-corrected chi connectivity index (χ1v) is 8.42. The minimum absolute atomic E-state index is 0.135. The highest BCUT2D eigenvalue weighted by molar-refractivity contribution is 5.92. The predicted molar refractivity (Wildman–Crippen MR) is 98.3 cm³/mol. The molecule has 0 bridgehead atoms. The van der Waals surface area contributed by atoms with Gasteiger partial charge in [-0.1, -0.05) is 0 Å². The van der Waals surface area contributed by atoms with Crippen molar-refractivity contribution in [2.24, 2.45) is 0 Å². The summed E-state index contributed by atoms with van der Waals surface area (Å²) in [6.45, 7) is 9.82. The van der Waals surface area contributed by atoms with Gasteiger partial charge in [0.25, 0.3) is 5.56 Å². The molecule has 2 heterocycles. The largest absolute Gasteiger partial charge is 0.389 e. The highest BCUT2D eigenvalue weighted by atomic mass is 16.3. The molecule has 0 aromatic carbocycles. The van der Waals surface area contributed by atoms with Gasteiger partial charge >= 0.3 is 0 Å². The van der Waals surface area contributed by atoms with Crippen LogP contribution in [-0.4, -0.2) is 49.4 Å². The monoisotopic (exact) mass is 346 g/mol. The lowest BCUT2D eigenvalue weighted by atomic mass is 10.1. The molecule has 0 spiro atoms. The van der Waals surface area contributed by atoms with Gasteiger partial charge in [0.15, 0.2) is 0 Å². The number of aliphatic hydroxyl groups is 1. The van der Waals surface area contributed by atoms with Crippen molar-refractivity contribution in [3.8, 4) is 0 Å². The van der Waals surface area contributed by atoms with Gasteiger partial charge in [0, 0.05) is 36.2 Å². The van der Waals surface area contributed by atoms with Gasteiger partial charge in [-0.2, -0.15) is 5.10 Å². The number of pyridine rings is 1. The second kappa shape index (κ2) is 7.23. The van der Waals surface area contributed by atoms with Gasteiger partial charge in [-0.3, -0.25) is 9.59 Å². The maximum absolute atomic E-state index is 12.3. The molecule has 0 saturated carbocycles. The Balaban J connectivity index is 2.27. The molecule has 0 atom stereocenters. The fraction of sp³-hybridized carbons (Fsp3) is 0.500. The van der Waals surface area contributed by atoms with Crippen LogP contribution in [0, 0.1) is 0 Å². The van der Waals surface area contributed by atoms with Crippen molar-refractivity contribution in [1.29, 1.82) is 0 Å². The van der Waals surface area contributed by atoms with Crippen molar-refractivity contribution in [2.75, 3.05) is 13.1 Å². The maximum atomic E-state index is 12.3. The third kappa shape index (κ3) is 4.57. The number of aromatic nitrogens is 3. The lowest BCUT2D eigenvalue weighted by Crippen LogP contribution is -2.41. The third-order valence-corrected chi connectivity index (χ3v) is 3.79. The second-order valence-electron chi connectivity index (χ2n) is 7.04. The zero-order valence-corrected chi connectivity index (χ0v) is 15.4. The molecule has 1 amide bonds. The van der Waals surface area contributed by atoms with E-state index in [0.717, 1.165) is 5.39 Å². The number of carbonyl (C=O) groups excluding carboxylic acids is 1. The summed E-state index contributed by atoms with van der Waals surface area (Å²) in [7, 11) is 0. The standard InChI is InChI=1S/C18H26N4O3/c1-6-21(11-18(4,5)25)15(23)8-7-13-9-14-10-19-22(12(2)3)16(14)20-17(13)24/h7-10,12,25H,6,11H2,1-5H3,(H,20,24). The van der Waals surface area contributed by atoms with E-state index in [1.807, 2.05) is 20.8 Å². The molecular weight excluding hydrogens is 320 g/mol. The number of nitrogens with zero attached hydrogens (tertiary/aromatic N) is 3. The molecule has 2 aromatic rings. The third-order valence-electron chi connectivity index (χ3n) is 3.79. The molecule has 0 aliphatic heterocycles. The van der Waals surface area contributed by atoms with Crippen LogP contribution in [0.15, 0.2) is 23.1 Å². The molecule has 0 aliphatic rings. The summed E-state index contributed by atoms with van der Waals surface area (Å²) in [5, 5.41) is 15.0. The smallest absolute Gasteiger partial charge is 0.256 e. The number of nitrogens with one attached hydrogen (secondary N) is 1. The van der Waals surface area contributed by atoms with Gasteiger partial charge in [-0.05, 0) is 46.8 Å². The number of H-pyrrole nitrogens is 1. The Morgan fingerprint density at radius 2 is 2.16 bits per heavy atom. The van der Waals surface area contributed by atoms with Crippen molar-refractivity contribution in [1.82, 2.24) is 19.7 Å². The highest BCUT2D eigenvalue weighted by Crippen LogP contribution is 2.15. The van der Waals surface area contributed by atoms with Gasteiger partial charge in [-0.15, -0.1) is 0 Å². The molecule has 2 aromatic heterocycles. The number of hydrogen-bond acceptors (Lipinski definition) is 4. The Hall–Kier alpha value is -2.41. The molecule has 0 radical (unpaired) electrons. The summed E-state index contributed by atoms with van der Waals surface area (Å²) >= 11 is 0. The molecule has 25 heavy (non-hydrogen) atoms. The van der Waals surface area contributed by atoms with Crippen LogP contribution in [0.25, 0.3) is 17.1 Å². The summed E-state index contributed by atoms with van der Waals surface area (Å²) in [5.74, 6) is -0.248. The molecule has 0 fully saturated rings. The molecule has 7 nitrogen and oxygen atoms in total. The van der Waals surface area contributed by atoms with Crippen molar-refractivity contribution in [3.05, 3.63) is 34.3 Å². The number of aromatic amines is 1. The second-order valence-corrected chi connectivity index (χ2v) is 7.04. The number of amides is 1. The van der Waals surface area contributed by atoms with E-state index in [2.05, 4.69) is 10.1 Å². The van der Waals surface area contributed by atoms with Gasteiger partial charge in [-0.25, -0.2) is 4.68 Å². The van der Waals surface area contributed by atoms with Crippen LogP contribution in [0.1, 0.15) is 46.2 Å². The SMILES string of the molecule is CCN(CC(C)(C)O)C(=O)C=Cc1cc2cnn(C(C)C)c2[nH]c1=O. The van der Waals surface area contributed by atoms with Crippen molar-refractivity contribution < 1.29 is 9.90 Å². The van der Waals surface area contributed by atoms with Gasteiger partial charge in [0.2, 0.25) is 5.91 Å². The maximum Gasteiger partial charge on any atom is 0.256 e. The van der Waals surface area contributed by atoms with E-state index in [4.69, 9.17) is 0 Å². The normalized spacial score (nSPS) is 12.4. The molecule has 0 unspecified atom stereocenters. The van der Waals surface area contributed by atoms with Crippen LogP contribution < -0.4 is 5.56 Å². The van der Waals surface area contributed by atoms with Gasteiger partial charge in [0.05, 0.1) is 11.8 Å². The fourth-order valence-corrected chi connectivity index (χ4v) is 2.62. The van der Waals surface area contributed by atoms with E-state index in [-0.39, 0.29) is 24.1 Å². The van der Waals surface area contributed by atoms with Crippen LogP contribution >= 0.6 is 0 Å². The minimum Gasteiger partial charge on any atom is -0.389 e. The zero-order valence-electron chi connectivity index (χ0n) is 15.4. The first-order valence-electron chi connectivity index (χ1n) is 8.42. The predicted octanol–water partition coefficient (Wildman–Crippen LogP) is 1.94.